The second kappa shape index (κ2) is 7.99. The van der Waals surface area contributed by atoms with Gasteiger partial charge in [-0.3, -0.25) is 4.90 Å². The maximum absolute atomic E-state index is 13.1. The molecule has 1 saturated heterocycles. The highest BCUT2D eigenvalue weighted by atomic mass is 79.9. The SMILES string of the molecule is CC(C)CC[C@@H](c1cc(C(F)(F)F)ccc1Br)N1CCNCC1. The average Bonchev–Trinajstić information content (AvgIpc) is 2.48. The second-order valence-electron chi connectivity index (χ2n) is 6.51. The van der Waals surface area contributed by atoms with Gasteiger partial charge < -0.3 is 5.32 Å². The van der Waals surface area contributed by atoms with Gasteiger partial charge in [-0.25, -0.2) is 0 Å². The van der Waals surface area contributed by atoms with Gasteiger partial charge in [0.2, 0.25) is 0 Å². The van der Waals surface area contributed by atoms with Gasteiger partial charge in [-0.05, 0) is 42.5 Å². The Morgan fingerprint density at radius 2 is 1.83 bits per heavy atom. The Labute approximate surface area is 144 Å². The van der Waals surface area contributed by atoms with E-state index in [0.717, 1.165) is 55.1 Å². The Morgan fingerprint density at radius 1 is 1.17 bits per heavy atom. The van der Waals surface area contributed by atoms with Crippen molar-refractivity contribution in [3.63, 3.8) is 0 Å². The Balaban J connectivity index is 2.32. The second-order valence-corrected chi connectivity index (χ2v) is 7.36. The molecule has 1 heterocycles. The number of hydrogen-bond donors (Lipinski definition) is 1. The van der Waals surface area contributed by atoms with E-state index < -0.39 is 11.7 Å². The first kappa shape index (κ1) is 18.7. The quantitative estimate of drug-likeness (QED) is 0.770. The number of nitrogens with zero attached hydrogens (tertiary/aromatic N) is 1. The van der Waals surface area contributed by atoms with Crippen LogP contribution >= 0.6 is 15.9 Å². The number of halogens is 4. The van der Waals surface area contributed by atoms with Gasteiger partial charge in [0.1, 0.15) is 0 Å². The summed E-state index contributed by atoms with van der Waals surface area (Å²) in [5.41, 5.74) is 0.183. The number of piperazine rings is 1. The summed E-state index contributed by atoms with van der Waals surface area (Å²) in [7, 11) is 0. The Hall–Kier alpha value is -0.590. The van der Waals surface area contributed by atoms with Crippen molar-refractivity contribution in [1.82, 2.24) is 10.2 Å². The van der Waals surface area contributed by atoms with Gasteiger partial charge in [-0.15, -0.1) is 0 Å². The fourth-order valence-electron chi connectivity index (χ4n) is 3.00. The molecule has 0 unspecified atom stereocenters. The van der Waals surface area contributed by atoms with Gasteiger partial charge in [-0.2, -0.15) is 13.2 Å². The van der Waals surface area contributed by atoms with Crippen molar-refractivity contribution in [2.24, 2.45) is 5.92 Å². The fourth-order valence-corrected chi connectivity index (χ4v) is 3.51. The summed E-state index contributed by atoms with van der Waals surface area (Å²) < 4.78 is 40.0. The minimum atomic E-state index is -4.30. The van der Waals surface area contributed by atoms with Crippen LogP contribution < -0.4 is 5.32 Å². The van der Waals surface area contributed by atoms with Gasteiger partial charge in [0, 0.05) is 36.7 Å². The van der Waals surface area contributed by atoms with Crippen LogP contribution in [0.3, 0.4) is 0 Å². The molecule has 0 radical (unpaired) electrons. The molecule has 1 aliphatic heterocycles. The standard InChI is InChI=1S/C17H24BrF3N2/c1-12(2)3-6-16(23-9-7-22-8-10-23)14-11-13(17(19,20)21)4-5-15(14)18/h4-5,11-12,16,22H,3,6-10H2,1-2H3/t16-/m0/s1. The highest BCUT2D eigenvalue weighted by Crippen LogP contribution is 2.37. The van der Waals surface area contributed by atoms with Crippen LogP contribution in [0.1, 0.15) is 43.9 Å². The topological polar surface area (TPSA) is 15.3 Å². The van der Waals surface area contributed by atoms with Gasteiger partial charge in [0.05, 0.1) is 5.56 Å². The van der Waals surface area contributed by atoms with E-state index in [-0.39, 0.29) is 6.04 Å². The van der Waals surface area contributed by atoms with Crippen molar-refractivity contribution in [3.8, 4) is 0 Å². The molecule has 1 N–H and O–H groups in total. The maximum atomic E-state index is 13.1. The zero-order chi connectivity index (χ0) is 17.0. The molecule has 1 aromatic carbocycles. The first-order valence-electron chi connectivity index (χ1n) is 8.10. The molecule has 0 saturated carbocycles. The summed E-state index contributed by atoms with van der Waals surface area (Å²) in [6, 6.07) is 4.01. The van der Waals surface area contributed by atoms with Crippen LogP contribution in [0.15, 0.2) is 22.7 Å². The van der Waals surface area contributed by atoms with E-state index in [1.807, 2.05) is 0 Å². The largest absolute Gasteiger partial charge is 0.416 e. The van der Waals surface area contributed by atoms with Crippen molar-refractivity contribution in [3.05, 3.63) is 33.8 Å². The van der Waals surface area contributed by atoms with Gasteiger partial charge in [0.15, 0.2) is 0 Å². The predicted molar refractivity (Wildman–Crippen MR) is 90.4 cm³/mol. The first-order valence-corrected chi connectivity index (χ1v) is 8.89. The molecular formula is C17H24BrF3N2. The molecule has 1 aliphatic rings. The molecule has 0 aliphatic carbocycles. The molecule has 1 fully saturated rings. The number of nitrogens with one attached hydrogen (secondary N) is 1. The van der Waals surface area contributed by atoms with Gasteiger partial charge in [-0.1, -0.05) is 29.8 Å². The van der Waals surface area contributed by atoms with E-state index in [0.29, 0.717) is 5.92 Å². The molecule has 23 heavy (non-hydrogen) atoms. The zero-order valence-corrected chi connectivity index (χ0v) is 15.2. The summed E-state index contributed by atoms with van der Waals surface area (Å²) in [5, 5.41) is 3.30. The molecule has 1 aromatic rings. The Kier molecular flexibility index (Phi) is 6.51. The van der Waals surface area contributed by atoms with Crippen molar-refractivity contribution >= 4 is 15.9 Å². The number of benzene rings is 1. The molecule has 6 heteroatoms. The van der Waals surface area contributed by atoms with E-state index in [1.54, 1.807) is 0 Å². The van der Waals surface area contributed by atoms with E-state index in [1.165, 1.54) is 12.1 Å². The predicted octanol–water partition coefficient (Wildman–Crippen LogP) is 4.85. The smallest absolute Gasteiger partial charge is 0.314 e. The summed E-state index contributed by atoms with van der Waals surface area (Å²) in [6.07, 6.45) is -2.43. The van der Waals surface area contributed by atoms with Gasteiger partial charge in [0.25, 0.3) is 0 Å². The summed E-state index contributed by atoms with van der Waals surface area (Å²) >= 11 is 3.46. The van der Waals surface area contributed by atoms with Gasteiger partial charge >= 0.3 is 6.18 Å². The van der Waals surface area contributed by atoms with Crippen molar-refractivity contribution in [2.75, 3.05) is 26.2 Å². The van der Waals surface area contributed by atoms with E-state index >= 15 is 0 Å². The van der Waals surface area contributed by atoms with Crippen molar-refractivity contribution in [1.29, 1.82) is 0 Å². The van der Waals surface area contributed by atoms with Crippen molar-refractivity contribution in [2.45, 2.75) is 38.9 Å². The lowest BCUT2D eigenvalue weighted by Gasteiger charge is -2.36. The molecular weight excluding hydrogens is 369 g/mol. The van der Waals surface area contributed by atoms with E-state index in [4.69, 9.17) is 0 Å². The average molecular weight is 393 g/mol. The van der Waals surface area contributed by atoms with E-state index in [9.17, 15) is 13.2 Å². The molecule has 0 spiro atoms. The van der Waals surface area contributed by atoms with Crippen molar-refractivity contribution < 1.29 is 13.2 Å². The number of hydrogen-bond acceptors (Lipinski definition) is 2. The molecule has 0 aromatic heterocycles. The zero-order valence-electron chi connectivity index (χ0n) is 13.6. The van der Waals surface area contributed by atoms with Crippen LogP contribution in [0.25, 0.3) is 0 Å². The minimum absolute atomic E-state index is 0.0242. The normalized spacial score (nSPS) is 18.4. The van der Waals surface area contributed by atoms with E-state index in [2.05, 4.69) is 40.0 Å². The van der Waals surface area contributed by atoms with Crippen LogP contribution in [0, 0.1) is 5.92 Å². The van der Waals surface area contributed by atoms with Crippen LogP contribution in [-0.2, 0) is 6.18 Å². The third kappa shape index (κ3) is 5.19. The summed E-state index contributed by atoms with van der Waals surface area (Å²) in [4.78, 5) is 2.30. The Bertz CT molecular complexity index is 511. The highest BCUT2D eigenvalue weighted by molar-refractivity contribution is 9.10. The highest BCUT2D eigenvalue weighted by Gasteiger charge is 2.32. The third-order valence-corrected chi connectivity index (χ3v) is 5.01. The summed E-state index contributed by atoms with van der Waals surface area (Å²) in [6.45, 7) is 7.80. The molecule has 130 valence electrons. The maximum Gasteiger partial charge on any atom is 0.416 e. The first-order chi connectivity index (χ1) is 10.8. The molecule has 0 amide bonds. The number of rotatable bonds is 5. The Morgan fingerprint density at radius 3 is 2.39 bits per heavy atom. The fraction of sp³-hybridized carbons (Fsp3) is 0.647. The lowest BCUT2D eigenvalue weighted by atomic mass is 9.94. The monoisotopic (exact) mass is 392 g/mol. The number of alkyl halides is 3. The molecule has 1 atom stereocenters. The third-order valence-electron chi connectivity index (χ3n) is 4.29. The van der Waals surface area contributed by atoms with Crippen LogP contribution in [-0.4, -0.2) is 31.1 Å². The van der Waals surface area contributed by atoms with Crippen LogP contribution in [0.2, 0.25) is 0 Å². The molecule has 0 bridgehead atoms. The lowest BCUT2D eigenvalue weighted by Crippen LogP contribution is -2.45. The summed E-state index contributed by atoms with van der Waals surface area (Å²) in [5.74, 6) is 0.532. The minimum Gasteiger partial charge on any atom is -0.314 e. The molecule has 2 rings (SSSR count). The lowest BCUT2D eigenvalue weighted by molar-refractivity contribution is -0.137. The molecule has 2 nitrogen and oxygen atoms in total. The van der Waals surface area contributed by atoms with Crippen LogP contribution in [0.4, 0.5) is 13.2 Å². The van der Waals surface area contributed by atoms with Crippen LogP contribution in [0.5, 0.6) is 0 Å².